The van der Waals surface area contributed by atoms with Crippen molar-refractivity contribution in [2.75, 3.05) is 0 Å². The molecule has 0 bridgehead atoms. The molecular weight excluding hydrogens is 274 g/mol. The van der Waals surface area contributed by atoms with Gasteiger partial charge < -0.3 is 9.15 Å². The molecule has 2 aromatic heterocycles. The van der Waals surface area contributed by atoms with Gasteiger partial charge in [0.15, 0.2) is 10.6 Å². The average Bonchev–Trinajstić information content (AvgIpc) is 3.10. The van der Waals surface area contributed by atoms with Crippen molar-refractivity contribution in [3.63, 3.8) is 0 Å². The van der Waals surface area contributed by atoms with Crippen LogP contribution < -0.4 is 4.74 Å². The summed E-state index contributed by atoms with van der Waals surface area (Å²) in [6.45, 7) is 0.883. The number of nitrogens with one attached hydrogen (secondary N) is 1. The summed E-state index contributed by atoms with van der Waals surface area (Å²) in [7, 11) is 0. The van der Waals surface area contributed by atoms with Crippen LogP contribution in [0.4, 0.5) is 0 Å². The summed E-state index contributed by atoms with van der Waals surface area (Å²) in [5.41, 5.74) is 0. The number of para-hydroxylation sites is 1. The first-order chi connectivity index (χ1) is 9.83. The van der Waals surface area contributed by atoms with E-state index in [0.717, 1.165) is 17.3 Å². The van der Waals surface area contributed by atoms with Crippen molar-refractivity contribution in [2.24, 2.45) is 0 Å². The van der Waals surface area contributed by atoms with Gasteiger partial charge in [-0.1, -0.05) is 18.2 Å². The summed E-state index contributed by atoms with van der Waals surface area (Å²) in [6, 6.07) is 13.3. The second-order valence-electron chi connectivity index (χ2n) is 4.21. The van der Waals surface area contributed by atoms with E-state index >= 15 is 0 Å². The lowest BCUT2D eigenvalue weighted by Gasteiger charge is -2.07. The number of furan rings is 1. The molecule has 0 radical (unpaired) electrons. The fraction of sp³-hybridized carbons (Fsp3) is 0.143. The SMILES string of the molecule is S=c1[nH]nc(COc2ccccc2)n1Cc1ccco1. The minimum absolute atomic E-state index is 0.345. The maximum absolute atomic E-state index is 5.68. The van der Waals surface area contributed by atoms with E-state index in [1.807, 2.05) is 47.0 Å². The fourth-order valence-corrected chi connectivity index (χ4v) is 2.06. The van der Waals surface area contributed by atoms with Gasteiger partial charge in [0.05, 0.1) is 12.8 Å². The Morgan fingerprint density at radius 3 is 2.80 bits per heavy atom. The molecule has 0 amide bonds. The van der Waals surface area contributed by atoms with Crippen LogP contribution in [0.1, 0.15) is 11.6 Å². The number of hydrogen-bond donors (Lipinski definition) is 1. The molecule has 5 nitrogen and oxygen atoms in total. The zero-order chi connectivity index (χ0) is 13.8. The van der Waals surface area contributed by atoms with Crippen LogP contribution in [-0.2, 0) is 13.2 Å². The van der Waals surface area contributed by atoms with Gasteiger partial charge in [0, 0.05) is 0 Å². The van der Waals surface area contributed by atoms with Gasteiger partial charge in [-0.15, -0.1) is 0 Å². The Bertz CT molecular complexity index is 716. The molecule has 0 fully saturated rings. The molecule has 0 aliphatic rings. The van der Waals surface area contributed by atoms with Crippen LogP contribution in [0, 0.1) is 4.77 Å². The number of nitrogens with zero attached hydrogens (tertiary/aromatic N) is 2. The van der Waals surface area contributed by atoms with Gasteiger partial charge in [-0.25, -0.2) is 0 Å². The quantitative estimate of drug-likeness (QED) is 0.732. The van der Waals surface area contributed by atoms with E-state index < -0.39 is 0 Å². The third kappa shape index (κ3) is 2.80. The summed E-state index contributed by atoms with van der Waals surface area (Å²) in [5, 5.41) is 6.97. The van der Waals surface area contributed by atoms with E-state index in [-0.39, 0.29) is 0 Å². The van der Waals surface area contributed by atoms with Gasteiger partial charge >= 0.3 is 0 Å². The highest BCUT2D eigenvalue weighted by Crippen LogP contribution is 2.12. The van der Waals surface area contributed by atoms with E-state index in [2.05, 4.69) is 10.2 Å². The van der Waals surface area contributed by atoms with Crippen molar-refractivity contribution < 1.29 is 9.15 Å². The Labute approximate surface area is 120 Å². The summed E-state index contributed by atoms with van der Waals surface area (Å²) >= 11 is 5.22. The molecule has 6 heteroatoms. The maximum Gasteiger partial charge on any atom is 0.195 e. The predicted molar refractivity (Wildman–Crippen MR) is 76.0 cm³/mol. The predicted octanol–water partition coefficient (Wildman–Crippen LogP) is 3.16. The third-order valence-corrected chi connectivity index (χ3v) is 3.15. The largest absolute Gasteiger partial charge is 0.486 e. The van der Waals surface area contributed by atoms with Crippen molar-refractivity contribution in [1.82, 2.24) is 14.8 Å². The second kappa shape index (κ2) is 5.75. The fourth-order valence-electron chi connectivity index (χ4n) is 1.85. The molecule has 20 heavy (non-hydrogen) atoms. The number of hydrogen-bond acceptors (Lipinski definition) is 4. The standard InChI is InChI=1S/C14H13N3O2S/c20-14-16-15-13(10-19-11-5-2-1-3-6-11)17(14)9-12-7-4-8-18-12/h1-8H,9-10H2,(H,16,20). The van der Waals surface area contributed by atoms with Crippen molar-refractivity contribution in [3.8, 4) is 5.75 Å². The van der Waals surface area contributed by atoms with Crippen LogP contribution in [0.3, 0.4) is 0 Å². The highest BCUT2D eigenvalue weighted by molar-refractivity contribution is 7.71. The first kappa shape index (κ1) is 12.7. The van der Waals surface area contributed by atoms with Crippen molar-refractivity contribution in [1.29, 1.82) is 0 Å². The Kier molecular flexibility index (Phi) is 3.64. The summed E-state index contributed by atoms with van der Waals surface area (Å²) in [4.78, 5) is 0. The molecule has 0 saturated heterocycles. The minimum atomic E-state index is 0.345. The first-order valence-electron chi connectivity index (χ1n) is 6.17. The molecule has 0 spiro atoms. The number of rotatable bonds is 5. The van der Waals surface area contributed by atoms with Gasteiger partial charge in [0.2, 0.25) is 0 Å². The Balaban J connectivity index is 1.75. The molecule has 2 heterocycles. The molecule has 1 N–H and O–H groups in total. The van der Waals surface area contributed by atoms with E-state index in [4.69, 9.17) is 21.4 Å². The Hall–Kier alpha value is -2.34. The average molecular weight is 287 g/mol. The van der Waals surface area contributed by atoms with Gasteiger partial charge in [-0.05, 0) is 36.5 Å². The molecule has 102 valence electrons. The molecule has 0 unspecified atom stereocenters. The monoisotopic (exact) mass is 287 g/mol. The molecule has 3 rings (SSSR count). The topological polar surface area (TPSA) is 56.0 Å². The number of aromatic nitrogens is 3. The van der Waals surface area contributed by atoms with E-state index in [1.165, 1.54) is 0 Å². The van der Waals surface area contributed by atoms with E-state index in [0.29, 0.717) is 17.9 Å². The van der Waals surface area contributed by atoms with Crippen LogP contribution in [0.2, 0.25) is 0 Å². The van der Waals surface area contributed by atoms with Crippen molar-refractivity contribution in [3.05, 3.63) is 65.1 Å². The lowest BCUT2D eigenvalue weighted by molar-refractivity contribution is 0.288. The van der Waals surface area contributed by atoms with Gasteiger partial charge in [-0.2, -0.15) is 5.10 Å². The van der Waals surface area contributed by atoms with Crippen LogP contribution in [-0.4, -0.2) is 14.8 Å². The Morgan fingerprint density at radius 2 is 2.05 bits per heavy atom. The lowest BCUT2D eigenvalue weighted by atomic mass is 10.3. The van der Waals surface area contributed by atoms with Crippen LogP contribution >= 0.6 is 12.2 Å². The first-order valence-corrected chi connectivity index (χ1v) is 6.58. The summed E-state index contributed by atoms with van der Waals surface area (Å²) in [5.74, 6) is 2.35. The van der Waals surface area contributed by atoms with Crippen molar-refractivity contribution >= 4 is 12.2 Å². The number of benzene rings is 1. The molecule has 0 atom stereocenters. The van der Waals surface area contributed by atoms with Gasteiger partial charge in [-0.3, -0.25) is 9.67 Å². The maximum atomic E-state index is 5.68. The van der Waals surface area contributed by atoms with E-state index in [1.54, 1.807) is 6.26 Å². The molecule has 0 aliphatic heterocycles. The summed E-state index contributed by atoms with van der Waals surface area (Å²) < 4.78 is 13.4. The summed E-state index contributed by atoms with van der Waals surface area (Å²) in [6.07, 6.45) is 1.64. The van der Waals surface area contributed by atoms with Gasteiger partial charge in [0.25, 0.3) is 0 Å². The molecule has 1 aromatic carbocycles. The lowest BCUT2D eigenvalue weighted by Crippen LogP contribution is -2.08. The molecular formula is C14H13N3O2S. The number of H-pyrrole nitrogens is 1. The normalized spacial score (nSPS) is 10.6. The third-order valence-electron chi connectivity index (χ3n) is 2.84. The van der Waals surface area contributed by atoms with Crippen molar-refractivity contribution in [2.45, 2.75) is 13.2 Å². The zero-order valence-electron chi connectivity index (χ0n) is 10.7. The molecule has 0 saturated carbocycles. The highest BCUT2D eigenvalue weighted by atomic mass is 32.1. The van der Waals surface area contributed by atoms with Crippen LogP contribution in [0.5, 0.6) is 5.75 Å². The Morgan fingerprint density at radius 1 is 1.20 bits per heavy atom. The van der Waals surface area contributed by atoms with Crippen LogP contribution in [0.15, 0.2) is 53.1 Å². The smallest absolute Gasteiger partial charge is 0.195 e. The van der Waals surface area contributed by atoms with Gasteiger partial charge in [0.1, 0.15) is 18.1 Å². The van der Waals surface area contributed by atoms with Crippen LogP contribution in [0.25, 0.3) is 0 Å². The minimum Gasteiger partial charge on any atom is -0.486 e. The molecule has 0 aliphatic carbocycles. The second-order valence-corrected chi connectivity index (χ2v) is 4.60. The molecule has 3 aromatic rings. The zero-order valence-corrected chi connectivity index (χ0v) is 11.5. The van der Waals surface area contributed by atoms with E-state index in [9.17, 15) is 0 Å². The number of ether oxygens (including phenoxy) is 1. The highest BCUT2D eigenvalue weighted by Gasteiger charge is 2.09. The number of aromatic amines is 1.